The minimum Gasteiger partial charge on any atom is -0.319 e. The molecule has 1 heterocycles. The van der Waals surface area contributed by atoms with Crippen LogP contribution in [0.4, 0.5) is 15.8 Å². The minimum absolute atomic E-state index is 0.00473. The Kier molecular flexibility index (Phi) is 5.85. The van der Waals surface area contributed by atoms with Gasteiger partial charge < -0.3 is 5.32 Å². The molecule has 0 unspecified atom stereocenters. The van der Waals surface area contributed by atoms with Crippen LogP contribution in [-0.4, -0.2) is 34.0 Å². The number of amides is 1. The van der Waals surface area contributed by atoms with E-state index in [0.29, 0.717) is 0 Å². The first-order chi connectivity index (χ1) is 14.1. The van der Waals surface area contributed by atoms with Crippen molar-refractivity contribution in [3.63, 3.8) is 0 Å². The molecular weight excluding hydrogens is 433 g/mol. The Morgan fingerprint density at radius 2 is 1.63 bits per heavy atom. The number of nitrogens with one attached hydrogen (secondary N) is 2. The molecule has 0 saturated carbocycles. The highest BCUT2D eigenvalue weighted by Gasteiger charge is 2.20. The topological polar surface area (TPSA) is 122 Å². The number of hydrogen-bond donors (Lipinski definition) is 2. The number of pyridine rings is 1. The third-order valence-electron chi connectivity index (χ3n) is 3.92. The molecule has 2 aromatic carbocycles. The molecule has 156 valence electrons. The number of carbonyl (C=O) groups is 1. The van der Waals surface area contributed by atoms with Crippen LogP contribution >= 0.6 is 0 Å². The maximum atomic E-state index is 13.8. The lowest BCUT2D eigenvalue weighted by molar-refractivity contribution is 0.102. The maximum Gasteiger partial charge on any atom is 0.274 e. The van der Waals surface area contributed by atoms with Gasteiger partial charge in [0.25, 0.3) is 15.9 Å². The Morgan fingerprint density at radius 3 is 2.30 bits per heavy atom. The molecule has 2 N–H and O–H groups in total. The summed E-state index contributed by atoms with van der Waals surface area (Å²) in [5.41, 5.74) is -0.157. The second kappa shape index (κ2) is 8.20. The van der Waals surface area contributed by atoms with Crippen LogP contribution in [0.3, 0.4) is 0 Å². The summed E-state index contributed by atoms with van der Waals surface area (Å²) < 4.78 is 64.9. The zero-order valence-corrected chi connectivity index (χ0v) is 17.2. The van der Waals surface area contributed by atoms with Gasteiger partial charge in [-0.25, -0.2) is 21.2 Å². The second-order valence-corrected chi connectivity index (χ2v) is 9.91. The third-order valence-corrected chi connectivity index (χ3v) is 6.39. The van der Waals surface area contributed by atoms with E-state index < -0.39 is 31.6 Å². The minimum atomic E-state index is -4.28. The first kappa shape index (κ1) is 21.4. The van der Waals surface area contributed by atoms with E-state index in [1.165, 1.54) is 36.5 Å². The van der Waals surface area contributed by atoms with Gasteiger partial charge in [-0.3, -0.25) is 14.5 Å². The Hall–Kier alpha value is -3.31. The number of carbonyl (C=O) groups excluding carboxylic acids is 1. The molecule has 3 aromatic rings. The van der Waals surface area contributed by atoms with Gasteiger partial charge in [0.05, 0.1) is 21.2 Å². The highest BCUT2D eigenvalue weighted by atomic mass is 32.2. The van der Waals surface area contributed by atoms with Crippen LogP contribution in [0.2, 0.25) is 0 Å². The smallest absolute Gasteiger partial charge is 0.274 e. The van der Waals surface area contributed by atoms with Crippen LogP contribution in [0.1, 0.15) is 10.5 Å². The van der Waals surface area contributed by atoms with E-state index in [9.17, 15) is 26.0 Å². The van der Waals surface area contributed by atoms with Gasteiger partial charge in [0.2, 0.25) is 0 Å². The van der Waals surface area contributed by atoms with Gasteiger partial charge >= 0.3 is 0 Å². The van der Waals surface area contributed by atoms with Crippen molar-refractivity contribution in [3.8, 4) is 0 Å². The molecule has 0 atom stereocenters. The average Bonchev–Trinajstić information content (AvgIpc) is 2.70. The van der Waals surface area contributed by atoms with Gasteiger partial charge in [0.1, 0.15) is 11.5 Å². The number of anilines is 2. The highest BCUT2D eigenvalue weighted by molar-refractivity contribution is 7.93. The molecule has 0 aliphatic heterocycles. The number of halogens is 1. The van der Waals surface area contributed by atoms with Crippen molar-refractivity contribution in [1.29, 1.82) is 0 Å². The Balaban J connectivity index is 1.94. The van der Waals surface area contributed by atoms with Crippen LogP contribution in [0.5, 0.6) is 0 Å². The third kappa shape index (κ3) is 4.99. The molecule has 0 bridgehead atoms. The second-order valence-electron chi connectivity index (χ2n) is 6.21. The number of sulfone groups is 1. The van der Waals surface area contributed by atoms with Crippen LogP contribution in [0.25, 0.3) is 0 Å². The molecule has 0 aliphatic rings. The molecule has 30 heavy (non-hydrogen) atoms. The SMILES string of the molecule is CS(=O)(=O)c1cccc(S(=O)(=O)Nc2cc(F)ccc2NC(=O)c2ccccn2)c1. The number of sulfonamides is 1. The van der Waals surface area contributed by atoms with Gasteiger partial charge in [-0.1, -0.05) is 12.1 Å². The molecular formula is C19H16FN3O5S2. The summed E-state index contributed by atoms with van der Waals surface area (Å²) in [5, 5.41) is 2.47. The van der Waals surface area contributed by atoms with E-state index in [0.717, 1.165) is 24.5 Å². The van der Waals surface area contributed by atoms with Gasteiger partial charge in [-0.05, 0) is 42.5 Å². The lowest BCUT2D eigenvalue weighted by Crippen LogP contribution is -2.18. The maximum absolute atomic E-state index is 13.8. The van der Waals surface area contributed by atoms with E-state index in [4.69, 9.17) is 0 Å². The standard InChI is InChI=1S/C19H16FN3O5S2/c1-29(25,26)14-5-4-6-15(12-14)30(27,28)23-18-11-13(20)8-9-16(18)22-19(24)17-7-2-3-10-21-17/h2-12,23H,1H3,(H,22,24). The molecule has 0 radical (unpaired) electrons. The summed E-state index contributed by atoms with van der Waals surface area (Å²) in [6.07, 6.45) is 2.36. The summed E-state index contributed by atoms with van der Waals surface area (Å²) in [6.45, 7) is 0. The monoisotopic (exact) mass is 449 g/mol. The number of benzene rings is 2. The van der Waals surface area contributed by atoms with Crippen molar-refractivity contribution in [3.05, 3.63) is 78.4 Å². The van der Waals surface area contributed by atoms with Crippen molar-refractivity contribution in [2.75, 3.05) is 16.3 Å². The first-order valence-corrected chi connectivity index (χ1v) is 11.8. The van der Waals surface area contributed by atoms with Gasteiger partial charge in [0.15, 0.2) is 9.84 Å². The first-order valence-electron chi connectivity index (χ1n) is 8.41. The van der Waals surface area contributed by atoms with Crippen molar-refractivity contribution in [2.24, 2.45) is 0 Å². The van der Waals surface area contributed by atoms with E-state index >= 15 is 0 Å². The molecule has 11 heteroatoms. The Morgan fingerprint density at radius 1 is 0.900 bits per heavy atom. The Bertz CT molecular complexity index is 1310. The van der Waals surface area contributed by atoms with Crippen molar-refractivity contribution in [1.82, 2.24) is 4.98 Å². The number of aromatic nitrogens is 1. The largest absolute Gasteiger partial charge is 0.319 e. The van der Waals surface area contributed by atoms with Crippen molar-refractivity contribution in [2.45, 2.75) is 9.79 Å². The zero-order chi connectivity index (χ0) is 21.9. The molecule has 1 aromatic heterocycles. The molecule has 0 saturated heterocycles. The zero-order valence-electron chi connectivity index (χ0n) is 15.5. The number of hydrogen-bond acceptors (Lipinski definition) is 6. The van der Waals surface area contributed by atoms with Crippen LogP contribution in [-0.2, 0) is 19.9 Å². The summed E-state index contributed by atoms with van der Waals surface area (Å²) in [7, 11) is -7.92. The highest BCUT2D eigenvalue weighted by Crippen LogP contribution is 2.27. The fourth-order valence-corrected chi connectivity index (χ4v) is 4.33. The van der Waals surface area contributed by atoms with E-state index in [1.54, 1.807) is 12.1 Å². The van der Waals surface area contributed by atoms with E-state index in [2.05, 4.69) is 15.0 Å². The van der Waals surface area contributed by atoms with Gasteiger partial charge in [0, 0.05) is 18.5 Å². The lowest BCUT2D eigenvalue weighted by Gasteiger charge is -2.14. The average molecular weight is 449 g/mol. The summed E-state index contributed by atoms with van der Waals surface area (Å²) in [6, 6.07) is 12.5. The summed E-state index contributed by atoms with van der Waals surface area (Å²) in [4.78, 5) is 15.7. The molecule has 0 aliphatic carbocycles. The predicted octanol–water partition coefficient (Wildman–Crippen LogP) is 2.68. The van der Waals surface area contributed by atoms with Gasteiger partial charge in [-0.2, -0.15) is 0 Å². The van der Waals surface area contributed by atoms with Gasteiger partial charge in [-0.15, -0.1) is 0 Å². The predicted molar refractivity (Wildman–Crippen MR) is 109 cm³/mol. The molecule has 1 amide bonds. The molecule has 8 nitrogen and oxygen atoms in total. The van der Waals surface area contributed by atoms with E-state index in [1.807, 2.05) is 0 Å². The summed E-state index contributed by atoms with van der Waals surface area (Å²) >= 11 is 0. The lowest BCUT2D eigenvalue weighted by atomic mass is 10.2. The van der Waals surface area contributed by atoms with E-state index in [-0.39, 0.29) is 26.9 Å². The molecule has 3 rings (SSSR count). The summed E-state index contributed by atoms with van der Waals surface area (Å²) in [5.74, 6) is -1.37. The number of nitrogens with zero attached hydrogens (tertiary/aromatic N) is 1. The molecule has 0 spiro atoms. The molecule has 0 fully saturated rings. The van der Waals surface area contributed by atoms with Crippen LogP contribution < -0.4 is 10.0 Å². The van der Waals surface area contributed by atoms with Crippen molar-refractivity contribution >= 4 is 37.1 Å². The van der Waals surface area contributed by atoms with Crippen LogP contribution in [0.15, 0.2) is 76.7 Å². The normalized spacial score (nSPS) is 11.7. The number of rotatable bonds is 6. The van der Waals surface area contributed by atoms with Crippen LogP contribution in [0, 0.1) is 5.82 Å². The fourth-order valence-electron chi connectivity index (χ4n) is 2.47. The van der Waals surface area contributed by atoms with Crippen molar-refractivity contribution < 1.29 is 26.0 Å². The Labute approximate surface area is 172 Å². The fraction of sp³-hybridized carbons (Fsp3) is 0.0526. The quantitative estimate of drug-likeness (QED) is 0.597.